The van der Waals surface area contributed by atoms with Gasteiger partial charge in [0.15, 0.2) is 5.69 Å². The summed E-state index contributed by atoms with van der Waals surface area (Å²) in [6.07, 6.45) is 2.58. The van der Waals surface area contributed by atoms with Crippen molar-refractivity contribution >= 4 is 40.8 Å². The van der Waals surface area contributed by atoms with E-state index < -0.39 is 5.97 Å². The van der Waals surface area contributed by atoms with Gasteiger partial charge in [-0.25, -0.2) is 4.79 Å². The molecule has 0 bridgehead atoms. The third kappa shape index (κ3) is 3.97. The normalized spacial score (nSPS) is 10.7. The Kier molecular flexibility index (Phi) is 4.37. The molecule has 1 amide bonds. The van der Waals surface area contributed by atoms with Gasteiger partial charge in [-0.2, -0.15) is 0 Å². The monoisotopic (exact) mass is 295 g/mol. The predicted molar refractivity (Wildman–Crippen MR) is 72.1 cm³/mol. The molecule has 0 aliphatic carbocycles. The quantitative estimate of drug-likeness (QED) is 0.818. The van der Waals surface area contributed by atoms with Crippen molar-refractivity contribution in [2.75, 3.05) is 0 Å². The van der Waals surface area contributed by atoms with Crippen LogP contribution in [0.3, 0.4) is 0 Å². The van der Waals surface area contributed by atoms with E-state index in [1.54, 1.807) is 5.38 Å². The molecule has 0 saturated carbocycles. The molecule has 0 unspecified atom stereocenters. The number of carboxylic acid groups (broad SMARTS) is 1. The molecule has 0 aliphatic heterocycles. The first-order valence-electron chi connectivity index (χ1n) is 5.19. The minimum absolute atomic E-state index is 0.273. The smallest absolute Gasteiger partial charge is 0.328 e. The van der Waals surface area contributed by atoms with E-state index in [0.29, 0.717) is 12.2 Å². The summed E-state index contributed by atoms with van der Waals surface area (Å²) in [6.45, 7) is 0.377. The molecule has 0 aliphatic rings. The number of carbonyl (C=O) groups excluding carboxylic acids is 1. The summed E-state index contributed by atoms with van der Waals surface area (Å²) in [5, 5.41) is 18.3. The van der Waals surface area contributed by atoms with Gasteiger partial charge in [0.25, 0.3) is 5.91 Å². The number of nitrogens with zero attached hydrogens (tertiary/aromatic N) is 2. The summed E-state index contributed by atoms with van der Waals surface area (Å²) in [5.74, 6) is -1.26. The van der Waals surface area contributed by atoms with E-state index in [4.69, 9.17) is 5.11 Å². The van der Waals surface area contributed by atoms with E-state index >= 15 is 0 Å². The summed E-state index contributed by atoms with van der Waals surface area (Å²) in [7, 11) is 0. The topological polar surface area (TPSA) is 92.2 Å². The number of carboxylic acids is 1. The highest BCUT2D eigenvalue weighted by molar-refractivity contribution is 7.10. The Morgan fingerprint density at radius 1 is 1.42 bits per heavy atom. The lowest BCUT2D eigenvalue weighted by Gasteiger charge is -1.99. The van der Waals surface area contributed by atoms with Gasteiger partial charge in [-0.3, -0.25) is 4.79 Å². The highest BCUT2D eigenvalue weighted by Crippen LogP contribution is 2.16. The number of amides is 1. The van der Waals surface area contributed by atoms with Gasteiger partial charge in [-0.15, -0.1) is 16.4 Å². The Bertz CT molecular complexity index is 604. The first-order chi connectivity index (χ1) is 9.15. The van der Waals surface area contributed by atoms with Crippen molar-refractivity contribution in [1.29, 1.82) is 0 Å². The second-order valence-electron chi connectivity index (χ2n) is 3.49. The summed E-state index contributed by atoms with van der Waals surface area (Å²) in [6, 6.07) is 1.82. The average molecular weight is 295 g/mol. The van der Waals surface area contributed by atoms with Crippen LogP contribution in [0.25, 0.3) is 6.08 Å². The third-order valence-corrected chi connectivity index (χ3v) is 3.57. The van der Waals surface area contributed by atoms with E-state index in [-0.39, 0.29) is 5.91 Å². The van der Waals surface area contributed by atoms with Gasteiger partial charge < -0.3 is 10.4 Å². The molecule has 6 nitrogen and oxygen atoms in total. The molecule has 2 heterocycles. The van der Waals surface area contributed by atoms with Crippen LogP contribution in [0.1, 0.15) is 20.9 Å². The van der Waals surface area contributed by atoms with Gasteiger partial charge in [-0.05, 0) is 34.6 Å². The fraction of sp³-hybridized carbons (Fsp3) is 0.0909. The van der Waals surface area contributed by atoms with E-state index in [2.05, 4.69) is 14.9 Å². The molecular weight excluding hydrogens is 286 g/mol. The van der Waals surface area contributed by atoms with E-state index in [1.807, 2.05) is 11.4 Å². The Morgan fingerprint density at radius 2 is 2.26 bits per heavy atom. The first-order valence-corrected chi connectivity index (χ1v) is 6.90. The van der Waals surface area contributed by atoms with Crippen LogP contribution < -0.4 is 5.32 Å². The molecule has 2 aromatic rings. The maximum atomic E-state index is 11.6. The number of aromatic nitrogens is 2. The standard InChI is InChI=1S/C11H9N3O3S2/c15-10(16)2-1-7-3-8(18-5-7)4-12-11(17)9-6-19-14-13-9/h1-3,5-6H,4H2,(H,12,17)(H,15,16). The molecule has 8 heteroatoms. The SMILES string of the molecule is O=C(O)C=Cc1csc(CNC(=O)c2csnn2)c1. The Labute approximate surface area is 116 Å². The van der Waals surface area contributed by atoms with Gasteiger partial charge in [0, 0.05) is 16.3 Å². The molecule has 0 aromatic carbocycles. The van der Waals surface area contributed by atoms with Crippen LogP contribution in [-0.4, -0.2) is 26.6 Å². The molecule has 0 fully saturated rings. The maximum absolute atomic E-state index is 11.6. The van der Waals surface area contributed by atoms with Crippen LogP contribution in [0.4, 0.5) is 0 Å². The second kappa shape index (κ2) is 6.21. The average Bonchev–Trinajstić information content (AvgIpc) is 3.04. The molecular formula is C11H9N3O3S2. The Balaban J connectivity index is 1.90. The molecule has 2 aromatic heterocycles. The van der Waals surface area contributed by atoms with Gasteiger partial charge in [0.05, 0.1) is 6.54 Å². The largest absolute Gasteiger partial charge is 0.478 e. The summed E-state index contributed by atoms with van der Waals surface area (Å²) in [4.78, 5) is 22.9. The molecule has 98 valence electrons. The molecule has 2 rings (SSSR count). The molecule has 19 heavy (non-hydrogen) atoms. The Hall–Kier alpha value is -2.06. The van der Waals surface area contributed by atoms with E-state index in [0.717, 1.165) is 28.0 Å². The van der Waals surface area contributed by atoms with Gasteiger partial charge in [0.2, 0.25) is 0 Å². The maximum Gasteiger partial charge on any atom is 0.328 e. The fourth-order valence-corrected chi connectivity index (χ4v) is 2.50. The zero-order valence-corrected chi connectivity index (χ0v) is 11.2. The molecule has 0 saturated heterocycles. The minimum Gasteiger partial charge on any atom is -0.478 e. The van der Waals surface area contributed by atoms with Crippen LogP contribution >= 0.6 is 22.9 Å². The summed E-state index contributed by atoms with van der Waals surface area (Å²) >= 11 is 2.57. The van der Waals surface area contributed by atoms with Crippen LogP contribution in [0, 0.1) is 0 Å². The fourth-order valence-electron chi connectivity index (χ4n) is 1.27. The summed E-state index contributed by atoms with van der Waals surface area (Å²) < 4.78 is 3.61. The molecule has 0 spiro atoms. The van der Waals surface area contributed by atoms with E-state index in [1.165, 1.54) is 17.4 Å². The zero-order valence-electron chi connectivity index (χ0n) is 9.57. The van der Waals surface area contributed by atoms with Crippen molar-refractivity contribution in [3.63, 3.8) is 0 Å². The van der Waals surface area contributed by atoms with Gasteiger partial charge in [0.1, 0.15) is 0 Å². The second-order valence-corrected chi connectivity index (χ2v) is 5.10. The van der Waals surface area contributed by atoms with Crippen LogP contribution in [0.15, 0.2) is 22.9 Å². The predicted octanol–water partition coefficient (Wildman–Crippen LogP) is 1.63. The number of aliphatic carboxylic acids is 1. The number of rotatable bonds is 5. The zero-order chi connectivity index (χ0) is 13.7. The molecule has 0 radical (unpaired) electrons. The highest BCUT2D eigenvalue weighted by atomic mass is 32.1. The lowest BCUT2D eigenvalue weighted by atomic mass is 10.3. The number of hydrogen-bond acceptors (Lipinski definition) is 6. The number of nitrogens with one attached hydrogen (secondary N) is 1. The van der Waals surface area contributed by atoms with Crippen LogP contribution in [-0.2, 0) is 11.3 Å². The number of hydrogen-bond donors (Lipinski definition) is 2. The van der Waals surface area contributed by atoms with Crippen molar-refractivity contribution in [1.82, 2.24) is 14.9 Å². The lowest BCUT2D eigenvalue weighted by Crippen LogP contribution is -2.22. The first kappa shape index (κ1) is 13.4. The van der Waals surface area contributed by atoms with Crippen LogP contribution in [0.2, 0.25) is 0 Å². The van der Waals surface area contributed by atoms with Gasteiger partial charge in [-0.1, -0.05) is 4.49 Å². The minimum atomic E-state index is -0.989. The van der Waals surface area contributed by atoms with Crippen molar-refractivity contribution in [3.8, 4) is 0 Å². The molecule has 2 N–H and O–H groups in total. The lowest BCUT2D eigenvalue weighted by molar-refractivity contribution is -0.131. The number of thiophene rings is 1. The Morgan fingerprint density at radius 3 is 2.95 bits per heavy atom. The van der Waals surface area contributed by atoms with Crippen molar-refractivity contribution in [3.05, 3.63) is 39.0 Å². The van der Waals surface area contributed by atoms with E-state index in [9.17, 15) is 9.59 Å². The third-order valence-electron chi connectivity index (χ3n) is 2.11. The van der Waals surface area contributed by atoms with Crippen LogP contribution in [0.5, 0.6) is 0 Å². The number of carbonyl (C=O) groups is 2. The molecule has 0 atom stereocenters. The van der Waals surface area contributed by atoms with Crippen molar-refractivity contribution in [2.24, 2.45) is 0 Å². The van der Waals surface area contributed by atoms with Crippen molar-refractivity contribution < 1.29 is 14.7 Å². The van der Waals surface area contributed by atoms with Crippen molar-refractivity contribution in [2.45, 2.75) is 6.54 Å². The van der Waals surface area contributed by atoms with Gasteiger partial charge >= 0.3 is 5.97 Å². The highest BCUT2D eigenvalue weighted by Gasteiger charge is 2.08. The summed E-state index contributed by atoms with van der Waals surface area (Å²) in [5.41, 5.74) is 1.10.